The molecular weight excluding hydrogens is 256 g/mol. The summed E-state index contributed by atoms with van der Waals surface area (Å²) >= 11 is 1.35. The van der Waals surface area contributed by atoms with Crippen molar-refractivity contribution in [2.24, 2.45) is 0 Å². The second kappa shape index (κ2) is 5.05. The standard InChI is InChI=1S/C15H18N2OS/c1-15(2,3)10-6-4-5-7-12(10)17-14(18)13-11(16)8-9-19-13/h4-9H,16H2,1-3H3,(H,17,18). The number of rotatable bonds is 2. The van der Waals surface area contributed by atoms with E-state index in [0.717, 1.165) is 11.3 Å². The molecule has 0 unspecified atom stereocenters. The number of para-hydroxylation sites is 1. The molecule has 0 aliphatic carbocycles. The third kappa shape index (κ3) is 2.96. The van der Waals surface area contributed by atoms with Gasteiger partial charge in [0.25, 0.3) is 5.91 Å². The Kier molecular flexibility index (Phi) is 3.62. The van der Waals surface area contributed by atoms with Gasteiger partial charge in [0.1, 0.15) is 4.88 Å². The molecule has 0 spiro atoms. The molecule has 0 fully saturated rings. The van der Waals surface area contributed by atoms with Crippen molar-refractivity contribution in [1.82, 2.24) is 0 Å². The van der Waals surface area contributed by atoms with Crippen LogP contribution in [0.2, 0.25) is 0 Å². The van der Waals surface area contributed by atoms with Crippen LogP contribution < -0.4 is 11.1 Å². The number of thiophene rings is 1. The molecule has 0 radical (unpaired) electrons. The summed E-state index contributed by atoms with van der Waals surface area (Å²) in [7, 11) is 0. The molecule has 3 nitrogen and oxygen atoms in total. The molecule has 1 amide bonds. The molecule has 0 saturated carbocycles. The molecule has 0 saturated heterocycles. The van der Waals surface area contributed by atoms with E-state index in [1.54, 1.807) is 6.07 Å². The molecule has 19 heavy (non-hydrogen) atoms. The Bertz CT molecular complexity index is 596. The van der Waals surface area contributed by atoms with Crippen molar-refractivity contribution in [3.8, 4) is 0 Å². The SMILES string of the molecule is CC(C)(C)c1ccccc1NC(=O)c1sccc1N. The van der Waals surface area contributed by atoms with E-state index >= 15 is 0 Å². The van der Waals surface area contributed by atoms with Crippen molar-refractivity contribution in [2.45, 2.75) is 26.2 Å². The lowest BCUT2D eigenvalue weighted by atomic mass is 9.86. The summed E-state index contributed by atoms with van der Waals surface area (Å²) in [4.78, 5) is 12.8. The summed E-state index contributed by atoms with van der Waals surface area (Å²) in [5.41, 5.74) is 8.22. The van der Waals surface area contributed by atoms with Gasteiger partial charge in [0.2, 0.25) is 0 Å². The summed E-state index contributed by atoms with van der Waals surface area (Å²) < 4.78 is 0. The van der Waals surface area contributed by atoms with Gasteiger partial charge < -0.3 is 11.1 Å². The minimum Gasteiger partial charge on any atom is -0.397 e. The Hall–Kier alpha value is -1.81. The molecule has 4 heteroatoms. The monoisotopic (exact) mass is 274 g/mol. The minimum absolute atomic E-state index is 0.0229. The zero-order valence-corrected chi connectivity index (χ0v) is 12.2. The lowest BCUT2D eigenvalue weighted by Gasteiger charge is -2.22. The lowest BCUT2D eigenvalue weighted by Crippen LogP contribution is -2.18. The maximum atomic E-state index is 12.2. The van der Waals surface area contributed by atoms with E-state index in [9.17, 15) is 4.79 Å². The summed E-state index contributed by atoms with van der Waals surface area (Å²) in [5.74, 6) is -0.149. The normalized spacial score (nSPS) is 11.3. The van der Waals surface area contributed by atoms with Crippen LogP contribution in [0.3, 0.4) is 0 Å². The van der Waals surface area contributed by atoms with Crippen molar-refractivity contribution < 1.29 is 4.79 Å². The number of hydrogen-bond acceptors (Lipinski definition) is 3. The molecule has 3 N–H and O–H groups in total. The predicted molar refractivity (Wildman–Crippen MR) is 81.8 cm³/mol. The van der Waals surface area contributed by atoms with Crippen LogP contribution in [0.4, 0.5) is 11.4 Å². The van der Waals surface area contributed by atoms with Gasteiger partial charge in [0.15, 0.2) is 0 Å². The number of anilines is 2. The minimum atomic E-state index is -0.149. The molecular formula is C15H18N2OS. The highest BCUT2D eigenvalue weighted by atomic mass is 32.1. The van der Waals surface area contributed by atoms with E-state index in [0.29, 0.717) is 10.6 Å². The number of nitrogens with two attached hydrogens (primary N) is 1. The van der Waals surface area contributed by atoms with E-state index in [4.69, 9.17) is 5.73 Å². The summed E-state index contributed by atoms with van der Waals surface area (Å²) in [6, 6.07) is 9.60. The van der Waals surface area contributed by atoms with Crippen LogP contribution >= 0.6 is 11.3 Å². The molecule has 2 rings (SSSR count). The molecule has 100 valence electrons. The van der Waals surface area contributed by atoms with Crippen LogP contribution in [0, 0.1) is 0 Å². The second-order valence-electron chi connectivity index (χ2n) is 5.45. The van der Waals surface area contributed by atoms with Crippen LogP contribution in [-0.4, -0.2) is 5.91 Å². The first-order valence-corrected chi connectivity index (χ1v) is 7.01. The van der Waals surface area contributed by atoms with Crippen LogP contribution in [0.1, 0.15) is 36.0 Å². The fraction of sp³-hybridized carbons (Fsp3) is 0.267. The van der Waals surface area contributed by atoms with Crippen molar-refractivity contribution in [3.05, 3.63) is 46.2 Å². The lowest BCUT2D eigenvalue weighted by molar-refractivity contribution is 0.103. The number of nitrogen functional groups attached to an aromatic ring is 1. The second-order valence-corrected chi connectivity index (χ2v) is 6.37. The van der Waals surface area contributed by atoms with Gasteiger partial charge >= 0.3 is 0 Å². The van der Waals surface area contributed by atoms with Gasteiger partial charge in [0, 0.05) is 5.69 Å². The van der Waals surface area contributed by atoms with Crippen LogP contribution in [0.5, 0.6) is 0 Å². The highest BCUT2D eigenvalue weighted by Gasteiger charge is 2.19. The third-order valence-electron chi connectivity index (χ3n) is 2.89. The van der Waals surface area contributed by atoms with Gasteiger partial charge in [-0.2, -0.15) is 0 Å². The summed E-state index contributed by atoms with van der Waals surface area (Å²) in [5, 5.41) is 4.77. The summed E-state index contributed by atoms with van der Waals surface area (Å²) in [6.07, 6.45) is 0. The van der Waals surface area contributed by atoms with Gasteiger partial charge in [-0.3, -0.25) is 4.79 Å². The average Bonchev–Trinajstić information content (AvgIpc) is 2.75. The zero-order valence-electron chi connectivity index (χ0n) is 11.4. The number of carbonyl (C=O) groups is 1. The molecule has 0 aliphatic heterocycles. The maximum Gasteiger partial charge on any atom is 0.267 e. The smallest absolute Gasteiger partial charge is 0.267 e. The van der Waals surface area contributed by atoms with E-state index in [-0.39, 0.29) is 11.3 Å². The highest BCUT2D eigenvalue weighted by molar-refractivity contribution is 7.12. The Morgan fingerprint density at radius 3 is 2.47 bits per heavy atom. The van der Waals surface area contributed by atoms with Crippen molar-refractivity contribution in [1.29, 1.82) is 0 Å². The van der Waals surface area contributed by atoms with E-state index in [1.165, 1.54) is 11.3 Å². The maximum absolute atomic E-state index is 12.2. The topological polar surface area (TPSA) is 55.1 Å². The quantitative estimate of drug-likeness (QED) is 0.873. The van der Waals surface area contributed by atoms with Gasteiger partial charge in [-0.1, -0.05) is 39.0 Å². The van der Waals surface area contributed by atoms with Crippen molar-refractivity contribution in [2.75, 3.05) is 11.1 Å². The molecule has 1 aromatic heterocycles. The van der Waals surface area contributed by atoms with Crippen LogP contribution in [-0.2, 0) is 5.41 Å². The first-order chi connectivity index (χ1) is 8.89. The molecule has 0 bridgehead atoms. The van der Waals surface area contributed by atoms with Crippen LogP contribution in [0.15, 0.2) is 35.7 Å². The first kappa shape index (κ1) is 13.6. The van der Waals surface area contributed by atoms with E-state index in [1.807, 2.05) is 29.6 Å². The Morgan fingerprint density at radius 1 is 1.21 bits per heavy atom. The van der Waals surface area contributed by atoms with Gasteiger partial charge in [-0.05, 0) is 28.5 Å². The van der Waals surface area contributed by atoms with Gasteiger partial charge in [0.05, 0.1) is 5.69 Å². The Labute approximate surface area is 117 Å². The molecule has 2 aromatic rings. The number of hydrogen-bond donors (Lipinski definition) is 2. The Morgan fingerprint density at radius 2 is 1.89 bits per heavy atom. The van der Waals surface area contributed by atoms with Gasteiger partial charge in [-0.15, -0.1) is 11.3 Å². The first-order valence-electron chi connectivity index (χ1n) is 6.13. The number of benzene rings is 1. The Balaban J connectivity index is 2.30. The van der Waals surface area contributed by atoms with Crippen molar-refractivity contribution in [3.63, 3.8) is 0 Å². The van der Waals surface area contributed by atoms with E-state index < -0.39 is 0 Å². The molecule has 0 atom stereocenters. The fourth-order valence-corrected chi connectivity index (χ4v) is 2.64. The largest absolute Gasteiger partial charge is 0.397 e. The third-order valence-corrected chi connectivity index (χ3v) is 3.81. The molecule has 1 aromatic carbocycles. The average molecular weight is 274 g/mol. The van der Waals surface area contributed by atoms with Gasteiger partial charge in [-0.25, -0.2) is 0 Å². The van der Waals surface area contributed by atoms with Crippen LogP contribution in [0.25, 0.3) is 0 Å². The van der Waals surface area contributed by atoms with E-state index in [2.05, 4.69) is 26.1 Å². The number of amides is 1. The number of carbonyl (C=O) groups excluding carboxylic acids is 1. The zero-order chi connectivity index (χ0) is 14.0. The summed E-state index contributed by atoms with van der Waals surface area (Å²) in [6.45, 7) is 6.37. The molecule has 0 aliphatic rings. The number of nitrogens with one attached hydrogen (secondary N) is 1. The predicted octanol–water partition coefficient (Wildman–Crippen LogP) is 3.88. The highest BCUT2D eigenvalue weighted by Crippen LogP contribution is 2.30. The fourth-order valence-electron chi connectivity index (χ4n) is 1.93. The molecule has 1 heterocycles. The van der Waals surface area contributed by atoms with Crippen molar-refractivity contribution >= 4 is 28.6 Å².